The van der Waals surface area contributed by atoms with Crippen LogP contribution in [0.5, 0.6) is 0 Å². The number of thiol groups is 3. The van der Waals surface area contributed by atoms with Gasteiger partial charge in [-0.1, -0.05) is 6.92 Å². The van der Waals surface area contributed by atoms with Gasteiger partial charge in [0.05, 0.1) is 19.3 Å². The molecule has 0 aliphatic carbocycles. The van der Waals surface area contributed by atoms with Crippen LogP contribution in [0, 0.1) is 0 Å². The van der Waals surface area contributed by atoms with E-state index in [0.29, 0.717) is 23.7 Å². The molecule has 0 aliphatic heterocycles. The van der Waals surface area contributed by atoms with E-state index in [0.717, 1.165) is 0 Å². The van der Waals surface area contributed by atoms with E-state index in [4.69, 9.17) is 14.2 Å². The van der Waals surface area contributed by atoms with E-state index in [9.17, 15) is 14.4 Å². The summed E-state index contributed by atoms with van der Waals surface area (Å²) in [4.78, 5) is 34.8. The summed E-state index contributed by atoms with van der Waals surface area (Å²) in [6, 6.07) is 0. The van der Waals surface area contributed by atoms with Gasteiger partial charge >= 0.3 is 17.9 Å². The van der Waals surface area contributed by atoms with Crippen molar-refractivity contribution < 1.29 is 28.6 Å². The minimum atomic E-state index is -1.20. The molecule has 0 saturated heterocycles. The molecule has 0 radical (unpaired) electrons. The van der Waals surface area contributed by atoms with E-state index in [-0.39, 0.29) is 32.5 Å². The zero-order valence-electron chi connectivity index (χ0n) is 13.2. The van der Waals surface area contributed by atoms with Crippen LogP contribution in [0.25, 0.3) is 0 Å². The second kappa shape index (κ2) is 12.8. The lowest BCUT2D eigenvalue weighted by molar-refractivity contribution is -0.184. The highest BCUT2D eigenvalue weighted by Gasteiger charge is 2.36. The maximum atomic E-state index is 11.8. The normalized spacial score (nSPS) is 11.0. The predicted molar refractivity (Wildman–Crippen MR) is 96.4 cm³/mol. The lowest BCUT2D eigenvalue weighted by Gasteiger charge is -2.31. The van der Waals surface area contributed by atoms with Gasteiger partial charge < -0.3 is 14.2 Å². The molecule has 23 heavy (non-hydrogen) atoms. The average Bonchev–Trinajstić information content (AvgIpc) is 2.51. The predicted octanol–water partition coefficient (Wildman–Crippen LogP) is 1.72. The van der Waals surface area contributed by atoms with Crippen molar-refractivity contribution in [3.05, 3.63) is 0 Å². The smallest absolute Gasteiger partial charge is 0.307 e. The zero-order chi connectivity index (χ0) is 17.7. The number of esters is 3. The molecule has 0 aromatic heterocycles. The fourth-order valence-corrected chi connectivity index (χ4v) is 2.06. The van der Waals surface area contributed by atoms with Crippen molar-refractivity contribution in [2.75, 3.05) is 30.5 Å². The highest BCUT2D eigenvalue weighted by Crippen LogP contribution is 2.20. The molecule has 9 heteroatoms. The van der Waals surface area contributed by atoms with Crippen LogP contribution in [-0.2, 0) is 28.6 Å². The molecule has 0 unspecified atom stereocenters. The van der Waals surface area contributed by atoms with Gasteiger partial charge in [-0.05, 0) is 6.42 Å². The van der Waals surface area contributed by atoms with Gasteiger partial charge in [0.1, 0.15) is 13.2 Å². The van der Waals surface area contributed by atoms with Crippen molar-refractivity contribution in [3.8, 4) is 0 Å². The first-order chi connectivity index (χ1) is 10.9. The minimum absolute atomic E-state index is 0.111. The molecular formula is C14H24O6S3. The van der Waals surface area contributed by atoms with Crippen molar-refractivity contribution in [3.63, 3.8) is 0 Å². The third-order valence-corrected chi connectivity index (χ3v) is 3.59. The summed E-state index contributed by atoms with van der Waals surface area (Å²) in [5, 5.41) is 0. The fourth-order valence-electron chi connectivity index (χ4n) is 1.51. The average molecular weight is 385 g/mol. The number of hydrogen-bond acceptors (Lipinski definition) is 9. The first-order valence-electron chi connectivity index (χ1n) is 7.28. The highest BCUT2D eigenvalue weighted by atomic mass is 32.1. The van der Waals surface area contributed by atoms with Crippen molar-refractivity contribution in [2.45, 2.75) is 38.2 Å². The second-order valence-corrected chi connectivity index (χ2v) is 6.09. The number of ether oxygens (including phenoxy) is 3. The van der Waals surface area contributed by atoms with Gasteiger partial charge in [-0.3, -0.25) is 14.4 Å². The molecule has 0 spiro atoms. The van der Waals surface area contributed by atoms with Crippen LogP contribution in [0.3, 0.4) is 0 Å². The van der Waals surface area contributed by atoms with E-state index in [1.807, 2.05) is 0 Å². The number of carbonyl (C=O) groups is 3. The molecule has 6 nitrogen and oxygen atoms in total. The monoisotopic (exact) mass is 384 g/mol. The maximum Gasteiger partial charge on any atom is 0.307 e. The Morgan fingerprint density at radius 3 is 1.52 bits per heavy atom. The molecule has 134 valence electrons. The summed E-state index contributed by atoms with van der Waals surface area (Å²) in [5.41, 5.74) is -1.20. The maximum absolute atomic E-state index is 11.8. The van der Waals surface area contributed by atoms with Gasteiger partial charge in [-0.2, -0.15) is 37.9 Å². The van der Waals surface area contributed by atoms with E-state index < -0.39 is 23.5 Å². The fraction of sp³-hybridized carbons (Fsp3) is 0.786. The Kier molecular flexibility index (Phi) is 12.5. The van der Waals surface area contributed by atoms with E-state index in [2.05, 4.69) is 37.9 Å². The molecule has 0 N–H and O–H groups in total. The van der Waals surface area contributed by atoms with Crippen LogP contribution < -0.4 is 0 Å². The van der Waals surface area contributed by atoms with Crippen LogP contribution in [-0.4, -0.2) is 54.0 Å². The van der Waals surface area contributed by atoms with Crippen molar-refractivity contribution in [1.29, 1.82) is 0 Å². The standard InChI is InChI=1S/C14H24O6S3/c1-2-14(20-13(17)5-8-23,9-18-11(15)3-6-21)10-19-12(16)4-7-22/h21-23H,2-10H2,1H3. The third kappa shape index (κ3) is 10.0. The van der Waals surface area contributed by atoms with Crippen LogP contribution in [0.1, 0.15) is 32.6 Å². The van der Waals surface area contributed by atoms with Gasteiger partial charge in [0, 0.05) is 17.3 Å². The van der Waals surface area contributed by atoms with Gasteiger partial charge in [-0.15, -0.1) is 0 Å². The summed E-state index contributed by atoms with van der Waals surface area (Å²) < 4.78 is 15.6. The summed E-state index contributed by atoms with van der Waals surface area (Å²) in [6.45, 7) is 1.40. The Hall–Kier alpha value is -0.540. The molecule has 0 rings (SSSR count). The SMILES string of the molecule is CCC(COC(=O)CCS)(COC(=O)CCS)OC(=O)CCS. The molecule has 0 bridgehead atoms. The van der Waals surface area contributed by atoms with E-state index in [1.54, 1.807) is 6.92 Å². The van der Waals surface area contributed by atoms with Gasteiger partial charge in [0.25, 0.3) is 0 Å². The lowest BCUT2D eigenvalue weighted by atomic mass is 10.0. The summed E-state index contributed by atoms with van der Waals surface area (Å²) >= 11 is 11.9. The second-order valence-electron chi connectivity index (χ2n) is 4.75. The number of hydrogen-bond donors (Lipinski definition) is 3. The van der Waals surface area contributed by atoms with E-state index in [1.165, 1.54) is 0 Å². The quantitative estimate of drug-likeness (QED) is 0.270. The molecule has 0 aliphatic rings. The zero-order valence-corrected chi connectivity index (χ0v) is 15.8. The molecule has 0 heterocycles. The Morgan fingerprint density at radius 1 is 0.783 bits per heavy atom. The Morgan fingerprint density at radius 2 is 1.17 bits per heavy atom. The molecule has 0 atom stereocenters. The molecular weight excluding hydrogens is 360 g/mol. The van der Waals surface area contributed by atoms with Gasteiger partial charge in [0.2, 0.25) is 0 Å². The Bertz CT molecular complexity index is 367. The minimum Gasteiger partial charge on any atom is -0.461 e. The van der Waals surface area contributed by atoms with Crippen LogP contribution >= 0.6 is 37.9 Å². The summed E-state index contributed by atoms with van der Waals surface area (Å²) in [5.74, 6) is -0.355. The van der Waals surface area contributed by atoms with Crippen molar-refractivity contribution in [1.82, 2.24) is 0 Å². The van der Waals surface area contributed by atoms with Crippen LogP contribution in [0.4, 0.5) is 0 Å². The van der Waals surface area contributed by atoms with Gasteiger partial charge in [0.15, 0.2) is 5.60 Å². The largest absolute Gasteiger partial charge is 0.461 e. The van der Waals surface area contributed by atoms with Crippen molar-refractivity contribution >= 4 is 55.8 Å². The number of rotatable bonds is 12. The summed E-state index contributed by atoms with van der Waals surface area (Å²) in [6.07, 6.45) is 0.730. The highest BCUT2D eigenvalue weighted by molar-refractivity contribution is 7.80. The third-order valence-electron chi connectivity index (χ3n) is 2.91. The van der Waals surface area contributed by atoms with Crippen molar-refractivity contribution in [2.24, 2.45) is 0 Å². The first kappa shape index (κ1) is 22.5. The Labute approximate surface area is 153 Å². The molecule has 0 saturated carbocycles. The molecule has 0 aromatic rings. The topological polar surface area (TPSA) is 78.9 Å². The van der Waals surface area contributed by atoms with Gasteiger partial charge in [-0.25, -0.2) is 0 Å². The molecule has 0 aromatic carbocycles. The summed E-state index contributed by atoms with van der Waals surface area (Å²) in [7, 11) is 0. The van der Waals surface area contributed by atoms with Crippen LogP contribution in [0.2, 0.25) is 0 Å². The Balaban J connectivity index is 4.86. The molecule has 0 amide bonds. The first-order valence-corrected chi connectivity index (χ1v) is 9.18. The lowest BCUT2D eigenvalue weighted by Crippen LogP contribution is -2.45. The molecule has 0 fully saturated rings. The van der Waals surface area contributed by atoms with Crippen LogP contribution in [0.15, 0.2) is 0 Å². The number of carbonyl (C=O) groups excluding carboxylic acids is 3. The van der Waals surface area contributed by atoms with E-state index >= 15 is 0 Å².